The predicted molar refractivity (Wildman–Crippen MR) is 82.1 cm³/mol. The van der Waals surface area contributed by atoms with Crippen molar-refractivity contribution in [1.82, 2.24) is 5.32 Å². The van der Waals surface area contributed by atoms with E-state index in [2.05, 4.69) is 10.6 Å². The lowest BCUT2D eigenvalue weighted by molar-refractivity contribution is 0.165. The van der Waals surface area contributed by atoms with Gasteiger partial charge in [-0.2, -0.15) is 0 Å². The van der Waals surface area contributed by atoms with Gasteiger partial charge in [-0.1, -0.05) is 37.3 Å². The number of carbonyl (C=O) groups is 1. The number of rotatable bonds is 5. The Morgan fingerprint density at radius 1 is 1.20 bits per heavy atom. The molecule has 0 aliphatic carbocycles. The zero-order valence-electron chi connectivity index (χ0n) is 11.8. The van der Waals surface area contributed by atoms with Crippen molar-refractivity contribution < 1.29 is 9.53 Å². The lowest BCUT2D eigenvalue weighted by atomic mass is 10.1. The van der Waals surface area contributed by atoms with Crippen molar-refractivity contribution in [2.45, 2.75) is 19.4 Å². The Kier molecular flexibility index (Phi) is 4.96. The molecule has 0 bridgehead atoms. The standard InChI is InChI=1S/C16H20N2O2/c1-3-14(11-20-2)17-16(19)18-15-9-8-12-6-4-5-7-13(12)10-15/h4-10,14H,3,11H2,1-2H3,(H2,17,18,19). The molecule has 0 saturated heterocycles. The quantitative estimate of drug-likeness (QED) is 0.876. The van der Waals surface area contributed by atoms with Crippen molar-refractivity contribution in [3.8, 4) is 0 Å². The van der Waals surface area contributed by atoms with Crippen molar-refractivity contribution in [2.24, 2.45) is 0 Å². The average molecular weight is 272 g/mol. The third-order valence-electron chi connectivity index (χ3n) is 3.20. The van der Waals surface area contributed by atoms with E-state index in [4.69, 9.17) is 4.74 Å². The molecule has 20 heavy (non-hydrogen) atoms. The molecule has 0 aliphatic heterocycles. The maximum atomic E-state index is 11.9. The zero-order chi connectivity index (χ0) is 14.4. The first-order valence-electron chi connectivity index (χ1n) is 6.78. The van der Waals surface area contributed by atoms with Crippen LogP contribution < -0.4 is 10.6 Å². The first-order valence-corrected chi connectivity index (χ1v) is 6.78. The van der Waals surface area contributed by atoms with E-state index in [0.29, 0.717) is 6.61 Å². The van der Waals surface area contributed by atoms with E-state index in [1.165, 1.54) is 0 Å². The van der Waals surface area contributed by atoms with Gasteiger partial charge < -0.3 is 15.4 Å². The molecule has 0 spiro atoms. The summed E-state index contributed by atoms with van der Waals surface area (Å²) in [6.07, 6.45) is 0.832. The van der Waals surface area contributed by atoms with Gasteiger partial charge in [-0.25, -0.2) is 4.79 Å². The number of carbonyl (C=O) groups excluding carboxylic acids is 1. The Labute approximate surface area is 119 Å². The molecule has 2 N–H and O–H groups in total. The van der Waals surface area contributed by atoms with E-state index < -0.39 is 0 Å². The van der Waals surface area contributed by atoms with Crippen LogP contribution in [0.25, 0.3) is 10.8 Å². The number of hydrogen-bond acceptors (Lipinski definition) is 2. The summed E-state index contributed by atoms with van der Waals surface area (Å²) in [7, 11) is 1.63. The Bertz CT molecular complexity index is 583. The topological polar surface area (TPSA) is 50.4 Å². The molecule has 2 rings (SSSR count). The minimum absolute atomic E-state index is 0.0282. The minimum Gasteiger partial charge on any atom is -0.383 e. The Balaban J connectivity index is 2.02. The molecule has 0 fully saturated rings. The van der Waals surface area contributed by atoms with Crippen LogP contribution in [0, 0.1) is 0 Å². The minimum atomic E-state index is -0.204. The Hall–Kier alpha value is -2.07. The van der Waals surface area contributed by atoms with Gasteiger partial charge in [-0.05, 0) is 29.3 Å². The number of ether oxygens (including phenoxy) is 1. The van der Waals surface area contributed by atoms with Gasteiger partial charge in [0.2, 0.25) is 0 Å². The van der Waals surface area contributed by atoms with E-state index >= 15 is 0 Å². The molecule has 2 aromatic carbocycles. The molecule has 4 heteroatoms. The smallest absolute Gasteiger partial charge is 0.319 e. The first-order chi connectivity index (χ1) is 9.72. The van der Waals surface area contributed by atoms with Crippen molar-refractivity contribution in [1.29, 1.82) is 0 Å². The SMILES string of the molecule is CCC(COC)NC(=O)Nc1ccc2ccccc2c1. The van der Waals surface area contributed by atoms with Gasteiger partial charge in [0, 0.05) is 12.8 Å². The van der Waals surface area contributed by atoms with Crippen LogP contribution in [0.3, 0.4) is 0 Å². The summed E-state index contributed by atoms with van der Waals surface area (Å²) in [4.78, 5) is 11.9. The highest BCUT2D eigenvalue weighted by Crippen LogP contribution is 2.18. The van der Waals surface area contributed by atoms with E-state index in [1.807, 2.05) is 49.4 Å². The van der Waals surface area contributed by atoms with Crippen molar-refractivity contribution in [3.63, 3.8) is 0 Å². The lowest BCUT2D eigenvalue weighted by Gasteiger charge is -2.16. The largest absolute Gasteiger partial charge is 0.383 e. The average Bonchev–Trinajstić information content (AvgIpc) is 2.46. The third kappa shape index (κ3) is 3.71. The molecule has 0 saturated carbocycles. The summed E-state index contributed by atoms with van der Waals surface area (Å²) in [6, 6.07) is 13.7. The Morgan fingerprint density at radius 2 is 1.95 bits per heavy atom. The summed E-state index contributed by atoms with van der Waals surface area (Å²) in [5.74, 6) is 0. The summed E-state index contributed by atoms with van der Waals surface area (Å²) in [5.41, 5.74) is 0.786. The first kappa shape index (κ1) is 14.3. The molecular formula is C16H20N2O2. The molecule has 4 nitrogen and oxygen atoms in total. The predicted octanol–water partition coefficient (Wildman–Crippen LogP) is 3.39. The molecule has 0 radical (unpaired) electrons. The number of hydrogen-bond donors (Lipinski definition) is 2. The van der Waals surface area contributed by atoms with E-state index in [0.717, 1.165) is 22.9 Å². The maximum Gasteiger partial charge on any atom is 0.319 e. The van der Waals surface area contributed by atoms with Crippen LogP contribution in [0.2, 0.25) is 0 Å². The Morgan fingerprint density at radius 3 is 2.65 bits per heavy atom. The molecule has 1 unspecified atom stereocenters. The maximum absolute atomic E-state index is 11.9. The van der Waals surface area contributed by atoms with Crippen LogP contribution in [-0.4, -0.2) is 25.8 Å². The molecule has 106 valence electrons. The molecule has 0 aliphatic rings. The number of fused-ring (bicyclic) bond motifs is 1. The lowest BCUT2D eigenvalue weighted by Crippen LogP contribution is -2.40. The van der Waals surface area contributed by atoms with Crippen LogP contribution in [-0.2, 0) is 4.74 Å². The highest BCUT2D eigenvalue weighted by Gasteiger charge is 2.10. The number of amides is 2. The summed E-state index contributed by atoms with van der Waals surface area (Å²) < 4.78 is 5.06. The summed E-state index contributed by atoms with van der Waals surface area (Å²) >= 11 is 0. The fourth-order valence-electron chi connectivity index (χ4n) is 2.08. The molecule has 0 heterocycles. The van der Waals surface area contributed by atoms with E-state index in [9.17, 15) is 4.79 Å². The van der Waals surface area contributed by atoms with Gasteiger partial charge in [-0.3, -0.25) is 0 Å². The zero-order valence-corrected chi connectivity index (χ0v) is 11.8. The second-order valence-electron chi connectivity index (χ2n) is 4.72. The fraction of sp³-hybridized carbons (Fsp3) is 0.312. The highest BCUT2D eigenvalue weighted by molar-refractivity contribution is 5.93. The van der Waals surface area contributed by atoms with E-state index in [-0.39, 0.29) is 12.1 Å². The van der Waals surface area contributed by atoms with Crippen molar-refractivity contribution in [2.75, 3.05) is 19.0 Å². The molecule has 2 amide bonds. The molecule has 2 aromatic rings. The van der Waals surface area contributed by atoms with Crippen LogP contribution in [0.1, 0.15) is 13.3 Å². The molecule has 1 atom stereocenters. The summed E-state index contributed by atoms with van der Waals surface area (Å²) in [5, 5.41) is 8.00. The van der Waals surface area contributed by atoms with Crippen molar-refractivity contribution >= 4 is 22.5 Å². The number of benzene rings is 2. The van der Waals surface area contributed by atoms with E-state index in [1.54, 1.807) is 7.11 Å². The summed E-state index contributed by atoms with van der Waals surface area (Å²) in [6.45, 7) is 2.53. The number of nitrogens with one attached hydrogen (secondary N) is 2. The molecule has 0 aromatic heterocycles. The third-order valence-corrected chi connectivity index (χ3v) is 3.20. The van der Waals surface area contributed by atoms with Gasteiger partial charge in [0.1, 0.15) is 0 Å². The highest BCUT2D eigenvalue weighted by atomic mass is 16.5. The van der Waals surface area contributed by atoms with Crippen LogP contribution in [0.5, 0.6) is 0 Å². The second-order valence-corrected chi connectivity index (χ2v) is 4.72. The monoisotopic (exact) mass is 272 g/mol. The van der Waals surface area contributed by atoms with Gasteiger partial charge in [0.15, 0.2) is 0 Å². The van der Waals surface area contributed by atoms with Gasteiger partial charge in [0.05, 0.1) is 12.6 Å². The number of methoxy groups -OCH3 is 1. The second kappa shape index (κ2) is 6.91. The van der Waals surface area contributed by atoms with Crippen molar-refractivity contribution in [3.05, 3.63) is 42.5 Å². The van der Waals surface area contributed by atoms with Gasteiger partial charge >= 0.3 is 6.03 Å². The number of urea groups is 1. The fourth-order valence-corrected chi connectivity index (χ4v) is 2.08. The van der Waals surface area contributed by atoms with Crippen LogP contribution >= 0.6 is 0 Å². The normalized spacial score (nSPS) is 12.1. The number of anilines is 1. The van der Waals surface area contributed by atoms with Gasteiger partial charge in [0.25, 0.3) is 0 Å². The van der Waals surface area contributed by atoms with Crippen LogP contribution in [0.4, 0.5) is 10.5 Å². The van der Waals surface area contributed by atoms with Crippen LogP contribution in [0.15, 0.2) is 42.5 Å². The molecular weight excluding hydrogens is 252 g/mol. The van der Waals surface area contributed by atoms with Gasteiger partial charge in [-0.15, -0.1) is 0 Å².